The number of hydrogen-bond donors (Lipinski definition) is 1. The highest BCUT2D eigenvalue weighted by atomic mass is 32.1. The summed E-state index contributed by atoms with van der Waals surface area (Å²) in [6.45, 7) is 6.21. The molecule has 0 unspecified atom stereocenters. The van der Waals surface area contributed by atoms with Gasteiger partial charge in [-0.05, 0) is 44.4 Å². The predicted molar refractivity (Wildman–Crippen MR) is 96.5 cm³/mol. The zero-order valence-electron chi connectivity index (χ0n) is 13.9. The van der Waals surface area contributed by atoms with E-state index in [0.717, 1.165) is 11.1 Å². The van der Waals surface area contributed by atoms with Gasteiger partial charge < -0.3 is 10.1 Å². The topological polar surface area (TPSA) is 64.1 Å². The molecule has 0 bridgehead atoms. The number of hydrogen-bond acceptors (Lipinski definition) is 6. The van der Waals surface area contributed by atoms with Gasteiger partial charge in [-0.2, -0.15) is 0 Å². The standard InChI is InChI=1S/C18H19N3O2S/c1-11(2)23-18(22)15-10-20-17-14(7-6-12(3)21-17)16(15)19-9-13-5-4-8-24-13/h4-8,10-11H,9H2,1-3H3,(H,19,20,21). The van der Waals surface area contributed by atoms with Crippen LogP contribution in [0.2, 0.25) is 0 Å². The van der Waals surface area contributed by atoms with Crippen molar-refractivity contribution in [1.82, 2.24) is 9.97 Å². The molecule has 5 nitrogen and oxygen atoms in total. The zero-order valence-corrected chi connectivity index (χ0v) is 14.7. The van der Waals surface area contributed by atoms with Gasteiger partial charge in [0.1, 0.15) is 5.56 Å². The molecule has 0 fully saturated rings. The first-order valence-electron chi connectivity index (χ1n) is 7.78. The number of carbonyl (C=O) groups excluding carboxylic acids is 1. The number of aromatic nitrogens is 2. The SMILES string of the molecule is Cc1ccc2c(NCc3cccs3)c(C(=O)OC(C)C)cnc2n1. The third-order valence-electron chi connectivity index (χ3n) is 3.45. The molecule has 0 aliphatic rings. The van der Waals surface area contributed by atoms with Crippen molar-refractivity contribution in [2.24, 2.45) is 0 Å². The summed E-state index contributed by atoms with van der Waals surface area (Å²) in [6, 6.07) is 7.91. The van der Waals surface area contributed by atoms with Crippen molar-refractivity contribution in [2.75, 3.05) is 5.32 Å². The molecular formula is C18H19N3O2S. The Labute approximate surface area is 144 Å². The van der Waals surface area contributed by atoms with E-state index in [1.54, 1.807) is 11.3 Å². The summed E-state index contributed by atoms with van der Waals surface area (Å²) < 4.78 is 5.35. The fourth-order valence-corrected chi connectivity index (χ4v) is 3.03. The van der Waals surface area contributed by atoms with Crippen molar-refractivity contribution in [3.63, 3.8) is 0 Å². The van der Waals surface area contributed by atoms with Crippen LogP contribution in [0.15, 0.2) is 35.8 Å². The summed E-state index contributed by atoms with van der Waals surface area (Å²) in [5, 5.41) is 6.21. The number of fused-ring (bicyclic) bond motifs is 1. The van der Waals surface area contributed by atoms with Crippen molar-refractivity contribution in [3.8, 4) is 0 Å². The van der Waals surface area contributed by atoms with Crippen molar-refractivity contribution >= 4 is 34.0 Å². The molecule has 3 heterocycles. The first-order chi connectivity index (χ1) is 11.5. The third kappa shape index (κ3) is 3.54. The molecule has 3 aromatic rings. The second-order valence-corrected chi connectivity index (χ2v) is 6.79. The molecule has 0 aliphatic carbocycles. The van der Waals surface area contributed by atoms with Crippen LogP contribution in [-0.4, -0.2) is 22.0 Å². The Bertz CT molecular complexity index is 860. The lowest BCUT2D eigenvalue weighted by Crippen LogP contribution is -2.15. The first-order valence-corrected chi connectivity index (χ1v) is 8.66. The van der Waals surface area contributed by atoms with Gasteiger partial charge in [0.05, 0.1) is 11.8 Å². The Morgan fingerprint density at radius 3 is 2.88 bits per heavy atom. The number of ether oxygens (including phenoxy) is 1. The number of nitrogens with one attached hydrogen (secondary N) is 1. The summed E-state index contributed by atoms with van der Waals surface area (Å²) in [6.07, 6.45) is 1.35. The largest absolute Gasteiger partial charge is 0.459 e. The average Bonchev–Trinajstić information content (AvgIpc) is 3.04. The van der Waals surface area contributed by atoms with E-state index in [-0.39, 0.29) is 12.1 Å². The van der Waals surface area contributed by atoms with Crippen LogP contribution < -0.4 is 5.32 Å². The van der Waals surface area contributed by atoms with E-state index in [0.29, 0.717) is 23.4 Å². The number of esters is 1. The highest BCUT2D eigenvalue weighted by Gasteiger charge is 2.18. The van der Waals surface area contributed by atoms with Crippen molar-refractivity contribution < 1.29 is 9.53 Å². The van der Waals surface area contributed by atoms with Crippen LogP contribution in [0.25, 0.3) is 11.0 Å². The van der Waals surface area contributed by atoms with E-state index in [1.807, 2.05) is 44.4 Å². The summed E-state index contributed by atoms with van der Waals surface area (Å²) in [4.78, 5) is 22.4. The molecule has 0 saturated carbocycles. The lowest BCUT2D eigenvalue weighted by molar-refractivity contribution is 0.0379. The smallest absolute Gasteiger partial charge is 0.342 e. The minimum absolute atomic E-state index is 0.186. The van der Waals surface area contributed by atoms with E-state index in [4.69, 9.17) is 4.74 Å². The molecule has 3 aromatic heterocycles. The van der Waals surface area contributed by atoms with Crippen LogP contribution in [0.1, 0.15) is 34.8 Å². The molecule has 6 heteroatoms. The minimum atomic E-state index is -0.381. The molecule has 0 radical (unpaired) electrons. The molecule has 0 aliphatic heterocycles. The second-order valence-electron chi connectivity index (χ2n) is 5.76. The molecule has 124 valence electrons. The van der Waals surface area contributed by atoms with Crippen LogP contribution in [0.3, 0.4) is 0 Å². The van der Waals surface area contributed by atoms with Crippen molar-refractivity contribution in [3.05, 3.63) is 52.0 Å². The van der Waals surface area contributed by atoms with Gasteiger partial charge in [0.25, 0.3) is 0 Å². The van der Waals surface area contributed by atoms with E-state index in [9.17, 15) is 4.79 Å². The van der Waals surface area contributed by atoms with Crippen molar-refractivity contribution in [2.45, 2.75) is 33.4 Å². The van der Waals surface area contributed by atoms with Gasteiger partial charge in [0, 0.05) is 28.7 Å². The fourth-order valence-electron chi connectivity index (χ4n) is 2.38. The fraction of sp³-hybridized carbons (Fsp3) is 0.278. The molecule has 0 spiro atoms. The number of pyridine rings is 2. The van der Waals surface area contributed by atoms with Gasteiger partial charge in [-0.3, -0.25) is 0 Å². The monoisotopic (exact) mass is 341 g/mol. The third-order valence-corrected chi connectivity index (χ3v) is 4.33. The second kappa shape index (κ2) is 6.97. The first kappa shape index (κ1) is 16.4. The maximum Gasteiger partial charge on any atom is 0.342 e. The van der Waals surface area contributed by atoms with Crippen LogP contribution in [0.5, 0.6) is 0 Å². The molecule has 3 rings (SSSR count). The van der Waals surface area contributed by atoms with Gasteiger partial charge in [0.15, 0.2) is 5.65 Å². The normalized spacial score (nSPS) is 11.0. The summed E-state index contributed by atoms with van der Waals surface area (Å²) >= 11 is 1.66. The van der Waals surface area contributed by atoms with Gasteiger partial charge >= 0.3 is 5.97 Å². The van der Waals surface area contributed by atoms with Crippen LogP contribution >= 0.6 is 11.3 Å². The van der Waals surface area contributed by atoms with Crippen molar-refractivity contribution in [1.29, 1.82) is 0 Å². The number of nitrogens with zero attached hydrogens (tertiary/aromatic N) is 2. The predicted octanol–water partition coefficient (Wildman–Crippen LogP) is 4.18. The van der Waals surface area contributed by atoms with E-state index in [1.165, 1.54) is 11.1 Å². The number of anilines is 1. The van der Waals surface area contributed by atoms with Crippen LogP contribution in [0, 0.1) is 6.92 Å². The molecule has 0 saturated heterocycles. The molecule has 1 N–H and O–H groups in total. The number of aryl methyl sites for hydroxylation is 1. The molecular weight excluding hydrogens is 322 g/mol. The van der Waals surface area contributed by atoms with Gasteiger partial charge in [0.2, 0.25) is 0 Å². The molecule has 24 heavy (non-hydrogen) atoms. The van der Waals surface area contributed by atoms with E-state index < -0.39 is 0 Å². The molecule has 0 aromatic carbocycles. The zero-order chi connectivity index (χ0) is 17.1. The number of carbonyl (C=O) groups is 1. The maximum atomic E-state index is 12.4. The number of rotatable bonds is 5. The summed E-state index contributed by atoms with van der Waals surface area (Å²) in [7, 11) is 0. The average molecular weight is 341 g/mol. The van der Waals surface area contributed by atoms with Gasteiger partial charge in [-0.25, -0.2) is 14.8 Å². The van der Waals surface area contributed by atoms with E-state index in [2.05, 4.69) is 21.4 Å². The minimum Gasteiger partial charge on any atom is -0.459 e. The molecule has 0 amide bonds. The Morgan fingerprint density at radius 2 is 2.17 bits per heavy atom. The Balaban J connectivity index is 2.03. The summed E-state index contributed by atoms with van der Waals surface area (Å²) in [5.74, 6) is -0.381. The lowest BCUT2D eigenvalue weighted by Gasteiger charge is -2.15. The Morgan fingerprint density at radius 1 is 1.33 bits per heavy atom. The maximum absolute atomic E-state index is 12.4. The Kier molecular flexibility index (Phi) is 4.76. The van der Waals surface area contributed by atoms with Crippen LogP contribution in [-0.2, 0) is 11.3 Å². The molecule has 0 atom stereocenters. The highest BCUT2D eigenvalue weighted by Crippen LogP contribution is 2.27. The quantitative estimate of drug-likeness (QED) is 0.705. The highest BCUT2D eigenvalue weighted by molar-refractivity contribution is 7.09. The summed E-state index contributed by atoms with van der Waals surface area (Å²) in [5.41, 5.74) is 2.64. The van der Waals surface area contributed by atoms with E-state index >= 15 is 0 Å². The lowest BCUT2D eigenvalue weighted by atomic mass is 10.1. The van der Waals surface area contributed by atoms with Crippen LogP contribution in [0.4, 0.5) is 5.69 Å². The van der Waals surface area contributed by atoms with Gasteiger partial charge in [-0.15, -0.1) is 11.3 Å². The van der Waals surface area contributed by atoms with Gasteiger partial charge in [-0.1, -0.05) is 6.07 Å². The Hall–Kier alpha value is -2.47. The number of thiophene rings is 1.